The van der Waals surface area contributed by atoms with Gasteiger partial charge in [-0.05, 0) is 35.7 Å². The number of aromatic nitrogens is 2. The number of carbonyl (C=O) groups excluding carboxylic acids is 2. The summed E-state index contributed by atoms with van der Waals surface area (Å²) >= 11 is 1.40. The Balaban J connectivity index is 1.69. The molecule has 2 heterocycles. The molecule has 1 aromatic carbocycles. The van der Waals surface area contributed by atoms with Gasteiger partial charge in [-0.25, -0.2) is 13.9 Å². The number of nitrogens with two attached hydrogens (primary N) is 1. The van der Waals surface area contributed by atoms with Crippen LogP contribution in [-0.2, 0) is 4.79 Å². The topological polar surface area (TPSA) is 102 Å². The maximum absolute atomic E-state index is 14.2. The van der Waals surface area contributed by atoms with Crippen molar-refractivity contribution in [3.8, 4) is 5.69 Å². The van der Waals surface area contributed by atoms with Crippen molar-refractivity contribution >= 4 is 29.0 Å². The van der Waals surface area contributed by atoms with Gasteiger partial charge in [-0.3, -0.25) is 4.79 Å². The zero-order chi connectivity index (χ0) is 18.5. The van der Waals surface area contributed by atoms with Crippen molar-refractivity contribution in [3.05, 3.63) is 64.9 Å². The third kappa shape index (κ3) is 4.25. The minimum Gasteiger partial charge on any atom is -0.352 e. The van der Waals surface area contributed by atoms with E-state index in [-0.39, 0.29) is 18.0 Å². The Hall–Kier alpha value is -3.20. The number of nitrogens with one attached hydrogen (secondary N) is 2. The number of hydrogen-bond donors (Lipinski definition) is 3. The van der Waals surface area contributed by atoms with Crippen LogP contribution in [0.2, 0.25) is 0 Å². The second-order valence-corrected chi connectivity index (χ2v) is 6.42. The highest BCUT2D eigenvalue weighted by Crippen LogP contribution is 2.23. The van der Waals surface area contributed by atoms with Gasteiger partial charge in [-0.1, -0.05) is 6.07 Å². The van der Waals surface area contributed by atoms with Crippen LogP contribution in [0.1, 0.15) is 17.3 Å². The van der Waals surface area contributed by atoms with Crippen molar-refractivity contribution in [2.24, 2.45) is 5.73 Å². The molecule has 0 bridgehead atoms. The Labute approximate surface area is 152 Å². The zero-order valence-electron chi connectivity index (χ0n) is 13.6. The predicted molar refractivity (Wildman–Crippen MR) is 96.5 cm³/mol. The van der Waals surface area contributed by atoms with Crippen molar-refractivity contribution in [1.29, 1.82) is 0 Å². The highest BCUT2D eigenvalue weighted by atomic mass is 32.1. The summed E-state index contributed by atoms with van der Waals surface area (Å²) in [6.45, 7) is 0. The zero-order valence-corrected chi connectivity index (χ0v) is 14.4. The van der Waals surface area contributed by atoms with E-state index < -0.39 is 17.9 Å². The van der Waals surface area contributed by atoms with Crippen LogP contribution in [0.15, 0.2) is 54.2 Å². The average molecular weight is 373 g/mol. The summed E-state index contributed by atoms with van der Waals surface area (Å²) in [5.41, 5.74) is 5.77. The second kappa shape index (κ2) is 7.79. The number of carbonyl (C=O) groups is 2. The molecule has 0 saturated carbocycles. The Morgan fingerprint density at radius 1 is 1.31 bits per heavy atom. The summed E-state index contributed by atoms with van der Waals surface area (Å²) in [6, 6.07) is 8.37. The van der Waals surface area contributed by atoms with E-state index in [0.29, 0.717) is 5.69 Å². The van der Waals surface area contributed by atoms with Crippen LogP contribution in [0.3, 0.4) is 0 Å². The molecule has 0 unspecified atom stereocenters. The molecule has 0 aliphatic heterocycles. The summed E-state index contributed by atoms with van der Waals surface area (Å²) < 4.78 is 15.6. The first kappa shape index (κ1) is 17.6. The lowest BCUT2D eigenvalue weighted by molar-refractivity contribution is -0.116. The predicted octanol–water partition coefficient (Wildman–Crippen LogP) is 2.81. The molecule has 0 saturated heterocycles. The molecule has 7 nitrogen and oxygen atoms in total. The molecule has 4 N–H and O–H groups in total. The van der Waals surface area contributed by atoms with E-state index in [1.54, 1.807) is 30.6 Å². The number of urea groups is 1. The lowest BCUT2D eigenvalue weighted by Gasteiger charge is -2.16. The first-order chi connectivity index (χ1) is 12.5. The molecule has 134 valence electrons. The van der Waals surface area contributed by atoms with Crippen molar-refractivity contribution < 1.29 is 14.0 Å². The minimum atomic E-state index is -0.717. The van der Waals surface area contributed by atoms with Crippen molar-refractivity contribution in [1.82, 2.24) is 15.1 Å². The number of thiophene rings is 1. The third-order valence-electron chi connectivity index (χ3n) is 3.58. The molecule has 9 heteroatoms. The Kier molecular flexibility index (Phi) is 5.28. The van der Waals surface area contributed by atoms with Gasteiger partial charge in [0.25, 0.3) is 0 Å². The van der Waals surface area contributed by atoms with Gasteiger partial charge in [0, 0.05) is 23.0 Å². The van der Waals surface area contributed by atoms with Crippen LogP contribution in [0.5, 0.6) is 0 Å². The largest absolute Gasteiger partial charge is 0.352 e. The monoisotopic (exact) mass is 373 g/mol. The maximum atomic E-state index is 14.2. The van der Waals surface area contributed by atoms with Crippen LogP contribution < -0.4 is 16.4 Å². The lowest BCUT2D eigenvalue weighted by atomic mass is 10.1. The van der Waals surface area contributed by atoms with Crippen LogP contribution in [-0.4, -0.2) is 21.7 Å². The summed E-state index contributed by atoms with van der Waals surface area (Å²) in [5.74, 6) is -0.889. The number of halogens is 1. The highest BCUT2D eigenvalue weighted by Gasteiger charge is 2.19. The normalized spacial score (nSPS) is 11.7. The van der Waals surface area contributed by atoms with Gasteiger partial charge in [0.05, 0.1) is 12.5 Å². The molecular formula is C17H16FN5O2S. The van der Waals surface area contributed by atoms with E-state index in [4.69, 9.17) is 5.73 Å². The number of benzene rings is 1. The van der Waals surface area contributed by atoms with Crippen LogP contribution in [0.4, 0.5) is 14.9 Å². The molecule has 0 aliphatic carbocycles. The summed E-state index contributed by atoms with van der Waals surface area (Å²) in [5, 5.41) is 11.0. The third-order valence-corrected chi connectivity index (χ3v) is 4.56. The van der Waals surface area contributed by atoms with Gasteiger partial charge in [0.15, 0.2) is 5.82 Å². The molecular weight excluding hydrogens is 357 g/mol. The molecule has 3 amide bonds. The molecule has 3 aromatic rings. The fraction of sp³-hybridized carbons (Fsp3) is 0.118. The molecule has 3 rings (SSSR count). The maximum Gasteiger partial charge on any atom is 0.312 e. The van der Waals surface area contributed by atoms with Crippen LogP contribution in [0, 0.1) is 5.82 Å². The lowest BCUT2D eigenvalue weighted by Crippen LogP contribution is -2.34. The first-order valence-electron chi connectivity index (χ1n) is 7.71. The van der Waals surface area contributed by atoms with Crippen LogP contribution >= 0.6 is 11.3 Å². The molecule has 0 radical (unpaired) electrons. The van der Waals surface area contributed by atoms with Gasteiger partial charge in [-0.15, -0.1) is 11.3 Å². The van der Waals surface area contributed by atoms with E-state index in [2.05, 4.69) is 15.7 Å². The number of amides is 3. The van der Waals surface area contributed by atoms with E-state index in [1.807, 2.05) is 11.4 Å². The summed E-state index contributed by atoms with van der Waals surface area (Å²) in [7, 11) is 0. The van der Waals surface area contributed by atoms with Gasteiger partial charge >= 0.3 is 6.03 Å². The second-order valence-electron chi connectivity index (χ2n) is 5.45. The number of primary amides is 1. The standard InChI is InChI=1S/C17H16FN5O2S/c18-12-9-11(4-5-14(12)23-7-2-6-20-23)21-16(24)10-13(22-17(19)25)15-3-1-8-26-15/h1-9,13H,10H2,(H,21,24)(H3,19,22,25)/t13-/m0/s1. The Morgan fingerprint density at radius 2 is 2.15 bits per heavy atom. The smallest absolute Gasteiger partial charge is 0.312 e. The van der Waals surface area contributed by atoms with Gasteiger partial charge in [-0.2, -0.15) is 5.10 Å². The van der Waals surface area contributed by atoms with E-state index in [0.717, 1.165) is 4.88 Å². The quantitative estimate of drug-likeness (QED) is 0.619. The first-order valence-corrected chi connectivity index (χ1v) is 8.59. The highest BCUT2D eigenvalue weighted by molar-refractivity contribution is 7.10. The molecule has 0 aliphatic rings. The van der Waals surface area contributed by atoms with E-state index >= 15 is 0 Å². The molecule has 0 fully saturated rings. The van der Waals surface area contributed by atoms with E-state index in [1.165, 1.54) is 28.2 Å². The summed E-state index contributed by atoms with van der Waals surface area (Å²) in [6.07, 6.45) is 3.15. The van der Waals surface area contributed by atoms with Gasteiger partial charge in [0.1, 0.15) is 5.69 Å². The fourth-order valence-corrected chi connectivity index (χ4v) is 3.24. The number of hydrogen-bond acceptors (Lipinski definition) is 4. The number of anilines is 1. The fourth-order valence-electron chi connectivity index (χ4n) is 2.46. The van der Waals surface area contributed by atoms with Gasteiger partial charge < -0.3 is 16.4 Å². The molecule has 26 heavy (non-hydrogen) atoms. The molecule has 2 aromatic heterocycles. The Bertz CT molecular complexity index is 896. The average Bonchev–Trinajstić information content (AvgIpc) is 3.28. The summed E-state index contributed by atoms with van der Waals surface area (Å²) in [4.78, 5) is 24.3. The van der Waals surface area contributed by atoms with Crippen LogP contribution in [0.25, 0.3) is 5.69 Å². The van der Waals surface area contributed by atoms with Crippen molar-refractivity contribution in [2.45, 2.75) is 12.5 Å². The van der Waals surface area contributed by atoms with Crippen molar-refractivity contribution in [2.75, 3.05) is 5.32 Å². The van der Waals surface area contributed by atoms with E-state index in [9.17, 15) is 14.0 Å². The SMILES string of the molecule is NC(=O)N[C@@H](CC(=O)Nc1ccc(-n2cccn2)c(F)c1)c1cccs1. The molecule has 1 atom stereocenters. The number of nitrogens with zero attached hydrogens (tertiary/aromatic N) is 2. The molecule has 0 spiro atoms. The minimum absolute atomic E-state index is 0.0218. The number of rotatable bonds is 6. The van der Waals surface area contributed by atoms with Crippen molar-refractivity contribution in [3.63, 3.8) is 0 Å². The van der Waals surface area contributed by atoms with Gasteiger partial charge in [0.2, 0.25) is 5.91 Å². The Morgan fingerprint density at radius 3 is 2.77 bits per heavy atom.